The number of ether oxygens (including phenoxy) is 4. The maximum Gasteiger partial charge on any atom is 0.255 e. The van der Waals surface area contributed by atoms with Gasteiger partial charge in [-0.05, 0) is 68.7 Å². The topological polar surface area (TPSA) is 170 Å². The second kappa shape index (κ2) is 23.7. The lowest BCUT2D eigenvalue weighted by atomic mass is 10.0. The lowest BCUT2D eigenvalue weighted by Gasteiger charge is -2.43. The molecule has 7 rings (SSSR count). The zero-order chi connectivity index (χ0) is 45.0. The number of ketones is 1. The molecule has 0 spiro atoms. The van der Waals surface area contributed by atoms with Crippen molar-refractivity contribution in [3.63, 3.8) is 0 Å². The Morgan fingerprint density at radius 1 is 0.923 bits per heavy atom. The Kier molecular flexibility index (Phi) is 17.9. The molecule has 15 nitrogen and oxygen atoms in total. The van der Waals surface area contributed by atoms with Gasteiger partial charge in [0.1, 0.15) is 29.3 Å². The average Bonchev–Trinajstić information content (AvgIpc) is 3.96. The Morgan fingerprint density at radius 2 is 1.66 bits per heavy atom. The van der Waals surface area contributed by atoms with Crippen molar-refractivity contribution in [2.24, 2.45) is 0 Å². The highest BCUT2D eigenvalue weighted by molar-refractivity contribution is 6.06. The Labute approximate surface area is 387 Å². The van der Waals surface area contributed by atoms with Crippen LogP contribution in [0, 0.1) is 11.8 Å². The average molecular weight is 914 g/mol. The Hall–Kier alpha value is -5.40. The fourth-order valence-corrected chi connectivity index (χ4v) is 9.04. The molecule has 1 aliphatic carbocycles. The smallest absolute Gasteiger partial charge is 0.255 e. The summed E-state index contributed by atoms with van der Waals surface area (Å²) >= 11 is 0. The lowest BCUT2D eigenvalue weighted by Crippen LogP contribution is -2.55. The maximum atomic E-state index is 13.3. The Bertz CT molecular complexity index is 2260. The van der Waals surface area contributed by atoms with E-state index in [0.717, 1.165) is 66.7 Å². The van der Waals surface area contributed by atoms with E-state index in [1.165, 1.54) is 0 Å². The van der Waals surface area contributed by atoms with Gasteiger partial charge in [-0.25, -0.2) is 9.97 Å². The van der Waals surface area contributed by atoms with Crippen LogP contribution < -0.4 is 19.9 Å². The molecule has 1 aromatic heterocycles. The number of benzene rings is 2. The monoisotopic (exact) mass is 912 g/mol. The minimum absolute atomic E-state index is 0. The quantitative estimate of drug-likeness (QED) is 0.0574. The molecule has 4 aliphatic rings. The number of fused-ring (bicyclic) bond motifs is 2. The molecule has 1 unspecified atom stereocenters. The van der Waals surface area contributed by atoms with Gasteiger partial charge in [-0.15, -0.1) is 12.4 Å². The molecule has 2 aromatic carbocycles. The van der Waals surface area contributed by atoms with Crippen molar-refractivity contribution in [2.45, 2.75) is 115 Å². The van der Waals surface area contributed by atoms with Crippen molar-refractivity contribution < 1.29 is 42.9 Å². The number of nitrogens with zero attached hydrogens (tertiary/aromatic N) is 5. The Morgan fingerprint density at radius 3 is 2.38 bits per heavy atom. The third-order valence-corrected chi connectivity index (χ3v) is 12.5. The summed E-state index contributed by atoms with van der Waals surface area (Å²) in [5.74, 6) is 7.65. The molecule has 4 heterocycles. The summed E-state index contributed by atoms with van der Waals surface area (Å²) < 4.78 is 22.8. The summed E-state index contributed by atoms with van der Waals surface area (Å²) in [6, 6.07) is 10.4. The number of nitrogens with one attached hydrogen (secondary N) is 1. The van der Waals surface area contributed by atoms with Crippen LogP contribution in [0.2, 0.25) is 0 Å². The van der Waals surface area contributed by atoms with Crippen molar-refractivity contribution >= 4 is 53.3 Å². The van der Waals surface area contributed by atoms with E-state index in [0.29, 0.717) is 113 Å². The number of unbranched alkanes of at least 4 members (excludes halogenated alkanes) is 2. The predicted octanol–water partition coefficient (Wildman–Crippen LogP) is 6.00. The zero-order valence-electron chi connectivity index (χ0n) is 37.7. The first kappa shape index (κ1) is 49.0. The molecule has 4 amide bonds. The van der Waals surface area contributed by atoms with E-state index in [-0.39, 0.29) is 48.4 Å². The summed E-state index contributed by atoms with van der Waals surface area (Å²) in [5, 5.41) is 2.34. The van der Waals surface area contributed by atoms with E-state index in [1.807, 2.05) is 24.3 Å². The van der Waals surface area contributed by atoms with E-state index in [2.05, 4.69) is 34.0 Å². The van der Waals surface area contributed by atoms with Crippen LogP contribution in [0.4, 0.5) is 11.5 Å². The fraction of sp³-hybridized carbons (Fsp3) is 0.531. The molecule has 348 valence electrons. The minimum Gasteiger partial charge on any atom is -0.496 e. The van der Waals surface area contributed by atoms with Gasteiger partial charge < -0.3 is 33.6 Å². The predicted molar refractivity (Wildman–Crippen MR) is 247 cm³/mol. The second-order valence-corrected chi connectivity index (χ2v) is 16.7. The summed E-state index contributed by atoms with van der Waals surface area (Å²) in [5.41, 5.74) is 4.37. The second-order valence-electron chi connectivity index (χ2n) is 16.7. The van der Waals surface area contributed by atoms with Crippen LogP contribution >= 0.6 is 12.4 Å². The number of halogens is 1. The van der Waals surface area contributed by atoms with Gasteiger partial charge in [-0.1, -0.05) is 49.8 Å². The van der Waals surface area contributed by atoms with E-state index in [4.69, 9.17) is 23.9 Å². The molecule has 1 N–H and O–H groups in total. The number of likely N-dealkylation sites (N-methyl/N-ethyl adjacent to an activating group) is 1. The molecule has 65 heavy (non-hydrogen) atoms. The van der Waals surface area contributed by atoms with Crippen molar-refractivity contribution in [3.05, 3.63) is 76.2 Å². The lowest BCUT2D eigenvalue weighted by molar-refractivity contribution is -0.137. The molecule has 1 saturated carbocycles. The standard InChI is InChI=1S/C49H60N6O9.ClH/c1-4-39-49(60)53(2)41-31-50-44(51-46(41)55(39)36-15-8-9-16-36)30-35-20-19-34(29-43(35)61-3)42(56)18-12-24-63-26-28-64-27-25-62-23-10-6-5-7-13-33-14-11-17-37-38(33)32-54(48(37)59)40-21-22-45(57)52-47(40)58;/h11,14,17,19-20,29,31,36,39-40H,4-6,8-10,12,15-16,18,21-28,30,32H2,1-3H3,(H,52,57,58);1H/t39-,40?;/m1./s1. The van der Waals surface area contributed by atoms with Crippen LogP contribution in [0.1, 0.15) is 127 Å². The summed E-state index contributed by atoms with van der Waals surface area (Å²) in [4.78, 5) is 78.5. The van der Waals surface area contributed by atoms with Crippen molar-refractivity contribution in [3.8, 4) is 17.6 Å². The van der Waals surface area contributed by atoms with Crippen LogP contribution in [-0.4, -0.2) is 116 Å². The Balaban J connectivity index is 0.00000700. The van der Waals surface area contributed by atoms with E-state index in [9.17, 15) is 24.0 Å². The highest BCUT2D eigenvalue weighted by Gasteiger charge is 2.42. The first-order valence-corrected chi connectivity index (χ1v) is 22.8. The SMILES string of the molecule is CC[C@@H]1C(=O)N(C)c2cnc(Cc3ccc(C(=O)CCCOCCOCCOCCCCC#Cc4cccc5c4CN(C4CCC(=O)NC4=O)C5=O)cc3OC)nc2N1C1CCCC1.Cl. The number of rotatable bonds is 21. The molecule has 0 bridgehead atoms. The number of aromatic nitrogens is 2. The van der Waals surface area contributed by atoms with E-state index < -0.39 is 11.9 Å². The van der Waals surface area contributed by atoms with Gasteiger partial charge in [0.25, 0.3) is 5.91 Å². The minimum atomic E-state index is -0.647. The van der Waals surface area contributed by atoms with E-state index >= 15 is 0 Å². The molecular weight excluding hydrogens is 852 g/mol. The number of carbonyl (C=O) groups excluding carboxylic acids is 5. The number of hydrogen-bond donors (Lipinski definition) is 1. The van der Waals surface area contributed by atoms with Crippen LogP contribution in [-0.2, 0) is 41.6 Å². The fourth-order valence-electron chi connectivity index (χ4n) is 9.04. The summed E-state index contributed by atoms with van der Waals surface area (Å²) in [7, 11) is 3.40. The number of amides is 4. The van der Waals surface area contributed by atoms with E-state index in [1.54, 1.807) is 42.3 Å². The highest BCUT2D eigenvalue weighted by atomic mass is 35.5. The van der Waals surface area contributed by atoms with Crippen molar-refractivity contribution in [2.75, 3.05) is 63.6 Å². The van der Waals surface area contributed by atoms with Gasteiger partial charge >= 0.3 is 0 Å². The first-order chi connectivity index (χ1) is 31.2. The van der Waals surface area contributed by atoms with Crippen LogP contribution in [0.15, 0.2) is 42.6 Å². The molecular formula is C49H61ClN6O9. The number of anilines is 2. The molecule has 16 heteroatoms. The van der Waals surface area contributed by atoms with Gasteiger partial charge in [0.15, 0.2) is 11.6 Å². The number of carbonyl (C=O) groups is 5. The zero-order valence-corrected chi connectivity index (χ0v) is 38.6. The summed E-state index contributed by atoms with van der Waals surface area (Å²) in [6.07, 6.45) is 11.2. The molecule has 3 aromatic rings. The first-order valence-electron chi connectivity index (χ1n) is 22.8. The van der Waals surface area contributed by atoms with Gasteiger partial charge in [0.2, 0.25) is 17.7 Å². The maximum absolute atomic E-state index is 13.3. The largest absolute Gasteiger partial charge is 0.496 e. The van der Waals surface area contributed by atoms with Crippen molar-refractivity contribution in [1.82, 2.24) is 20.2 Å². The normalized spacial score (nSPS) is 18.2. The van der Waals surface area contributed by atoms with Crippen LogP contribution in [0.25, 0.3) is 0 Å². The number of piperidine rings is 1. The molecule has 2 fully saturated rings. The number of hydrogen-bond acceptors (Lipinski definition) is 12. The van der Waals surface area contributed by atoms with Gasteiger partial charge in [-0.3, -0.25) is 29.3 Å². The molecule has 1 saturated heterocycles. The van der Waals surface area contributed by atoms with Gasteiger partial charge in [0, 0.05) is 80.8 Å². The van der Waals surface area contributed by atoms with Crippen molar-refractivity contribution in [1.29, 1.82) is 0 Å². The van der Waals surface area contributed by atoms with Crippen LogP contribution in [0.5, 0.6) is 5.75 Å². The van der Waals surface area contributed by atoms with Crippen LogP contribution in [0.3, 0.4) is 0 Å². The molecule has 3 aliphatic heterocycles. The third kappa shape index (κ3) is 11.9. The third-order valence-electron chi connectivity index (χ3n) is 12.5. The molecule has 0 radical (unpaired) electrons. The number of imide groups is 1. The van der Waals surface area contributed by atoms with Gasteiger partial charge in [0.05, 0.1) is 39.7 Å². The highest BCUT2D eigenvalue weighted by Crippen LogP contribution is 2.40. The summed E-state index contributed by atoms with van der Waals surface area (Å²) in [6.45, 7) is 5.22. The van der Waals surface area contributed by atoms with Gasteiger partial charge in [-0.2, -0.15) is 0 Å². The molecule has 2 atom stereocenters. The number of Topliss-reactive ketones (excluding diaryl/α,β-unsaturated/α-hetero) is 1. The number of methoxy groups -OCH3 is 1.